The lowest BCUT2D eigenvalue weighted by atomic mass is 10.0. The minimum Gasteiger partial charge on any atom is -0.372 e. The van der Waals surface area contributed by atoms with Crippen LogP contribution in [0.25, 0.3) is 0 Å². The number of methoxy groups -OCH3 is 2. The zero-order valence-corrected chi connectivity index (χ0v) is 7.97. The summed E-state index contributed by atoms with van der Waals surface area (Å²) in [7, 11) is 2.83. The maximum atomic E-state index is 10.5. The third-order valence-corrected chi connectivity index (χ3v) is 2.10. The van der Waals surface area contributed by atoms with Crippen LogP contribution in [0.1, 0.15) is 0 Å². The summed E-state index contributed by atoms with van der Waals surface area (Å²) in [5.41, 5.74) is 4.60. The zero-order chi connectivity index (χ0) is 10.8. The average molecular weight is 200 g/mol. The molecule has 78 valence electrons. The summed E-state index contributed by atoms with van der Waals surface area (Å²) in [5, 5.41) is 10.5. The predicted octanol–water partition coefficient (Wildman–Crippen LogP) is 0.0332. The van der Waals surface area contributed by atoms with Gasteiger partial charge in [-0.1, -0.05) is 0 Å². The van der Waals surface area contributed by atoms with Crippen molar-refractivity contribution in [1.82, 2.24) is 0 Å². The molecule has 0 heterocycles. The molecule has 2 unspecified atom stereocenters. The highest BCUT2D eigenvalue weighted by molar-refractivity contribution is 5.26. The minimum absolute atomic E-state index is 0.0463. The Hall–Kier alpha value is -1.24. The summed E-state index contributed by atoms with van der Waals surface area (Å²) in [5.74, 6) is 0. The lowest BCUT2D eigenvalue weighted by molar-refractivity contribution is -0.420. The molecule has 2 atom stereocenters. The second kappa shape index (κ2) is 3.87. The Morgan fingerprint density at radius 3 is 2.71 bits per heavy atom. The Labute approximate surface area is 81.1 Å². The van der Waals surface area contributed by atoms with Gasteiger partial charge in [-0.2, -0.15) is 0 Å². The van der Waals surface area contributed by atoms with Gasteiger partial charge in [0.2, 0.25) is 0 Å². The normalized spacial score (nSPS) is 31.4. The van der Waals surface area contributed by atoms with Gasteiger partial charge in [-0.3, -0.25) is 15.8 Å². The fourth-order valence-electron chi connectivity index (χ4n) is 1.21. The fourth-order valence-corrected chi connectivity index (χ4v) is 1.21. The minimum atomic E-state index is -1.13. The SMILES string of the molecule is COC1C=C([N+](=O)[O-])C=CC1(N)OC. The van der Waals surface area contributed by atoms with E-state index in [-0.39, 0.29) is 5.70 Å². The molecule has 0 radical (unpaired) electrons. The van der Waals surface area contributed by atoms with Crippen molar-refractivity contribution in [2.75, 3.05) is 14.2 Å². The molecule has 1 aliphatic carbocycles. The summed E-state index contributed by atoms with van der Waals surface area (Å²) in [6.45, 7) is 0. The van der Waals surface area contributed by atoms with Crippen LogP contribution in [0.3, 0.4) is 0 Å². The molecule has 0 fully saturated rings. The molecule has 0 spiro atoms. The third-order valence-electron chi connectivity index (χ3n) is 2.10. The molecule has 0 saturated carbocycles. The number of rotatable bonds is 3. The van der Waals surface area contributed by atoms with Crippen molar-refractivity contribution in [3.05, 3.63) is 34.0 Å². The van der Waals surface area contributed by atoms with Crippen LogP contribution >= 0.6 is 0 Å². The monoisotopic (exact) mass is 200 g/mol. The molecule has 14 heavy (non-hydrogen) atoms. The molecule has 2 N–H and O–H groups in total. The van der Waals surface area contributed by atoms with Crippen LogP contribution in [0.2, 0.25) is 0 Å². The first-order valence-electron chi connectivity index (χ1n) is 3.96. The summed E-state index contributed by atoms with van der Waals surface area (Å²) < 4.78 is 10.0. The van der Waals surface area contributed by atoms with E-state index in [2.05, 4.69) is 0 Å². The number of ether oxygens (including phenoxy) is 2. The maximum absolute atomic E-state index is 10.5. The van der Waals surface area contributed by atoms with Crippen molar-refractivity contribution in [2.45, 2.75) is 11.8 Å². The van der Waals surface area contributed by atoms with Crippen LogP contribution in [0.4, 0.5) is 0 Å². The quantitative estimate of drug-likeness (QED) is 0.394. The van der Waals surface area contributed by atoms with E-state index < -0.39 is 16.8 Å². The standard InChI is InChI=1S/C8H12N2O4/c1-13-7-5-6(10(11)12)3-4-8(7,9)14-2/h3-5,7H,9H2,1-2H3. The molecule has 6 heteroatoms. The van der Waals surface area contributed by atoms with Crippen LogP contribution in [0, 0.1) is 10.1 Å². The summed E-state index contributed by atoms with van der Waals surface area (Å²) in [6.07, 6.45) is 3.39. The lowest BCUT2D eigenvalue weighted by Gasteiger charge is -2.31. The van der Waals surface area contributed by atoms with Gasteiger partial charge in [-0.05, 0) is 6.08 Å². The molecule has 0 aliphatic heterocycles. The lowest BCUT2D eigenvalue weighted by Crippen LogP contribution is -2.52. The summed E-state index contributed by atoms with van der Waals surface area (Å²) in [6, 6.07) is 0. The molecular formula is C8H12N2O4. The van der Waals surface area contributed by atoms with Gasteiger partial charge in [0.1, 0.15) is 6.10 Å². The van der Waals surface area contributed by atoms with Gasteiger partial charge >= 0.3 is 0 Å². The summed E-state index contributed by atoms with van der Waals surface area (Å²) >= 11 is 0. The highest BCUT2D eigenvalue weighted by atomic mass is 16.6. The van der Waals surface area contributed by atoms with Gasteiger partial charge in [-0.25, -0.2) is 0 Å². The first-order valence-corrected chi connectivity index (χ1v) is 3.96. The maximum Gasteiger partial charge on any atom is 0.268 e. The molecule has 0 amide bonds. The molecule has 0 aromatic heterocycles. The average Bonchev–Trinajstić information content (AvgIpc) is 2.18. The van der Waals surface area contributed by atoms with Crippen molar-refractivity contribution in [3.8, 4) is 0 Å². The van der Waals surface area contributed by atoms with Crippen LogP contribution in [0.15, 0.2) is 23.9 Å². The topological polar surface area (TPSA) is 87.6 Å². The molecule has 0 bridgehead atoms. The molecule has 6 nitrogen and oxygen atoms in total. The smallest absolute Gasteiger partial charge is 0.268 e. The Morgan fingerprint density at radius 1 is 1.64 bits per heavy atom. The molecular weight excluding hydrogens is 188 g/mol. The van der Waals surface area contributed by atoms with Gasteiger partial charge in [-0.15, -0.1) is 0 Å². The van der Waals surface area contributed by atoms with Crippen LogP contribution < -0.4 is 5.73 Å². The van der Waals surface area contributed by atoms with Gasteiger partial charge in [0.25, 0.3) is 5.70 Å². The van der Waals surface area contributed by atoms with E-state index in [1.807, 2.05) is 0 Å². The van der Waals surface area contributed by atoms with E-state index in [9.17, 15) is 10.1 Å². The van der Waals surface area contributed by atoms with Crippen molar-refractivity contribution < 1.29 is 14.4 Å². The second-order valence-electron chi connectivity index (χ2n) is 2.90. The largest absolute Gasteiger partial charge is 0.372 e. The van der Waals surface area contributed by atoms with E-state index in [4.69, 9.17) is 15.2 Å². The molecule has 1 rings (SSSR count). The predicted molar refractivity (Wildman–Crippen MR) is 48.9 cm³/mol. The Morgan fingerprint density at radius 2 is 2.29 bits per heavy atom. The van der Waals surface area contributed by atoms with E-state index in [1.165, 1.54) is 32.4 Å². The number of hydrogen-bond acceptors (Lipinski definition) is 5. The molecule has 0 aromatic carbocycles. The van der Waals surface area contributed by atoms with Crippen molar-refractivity contribution in [2.24, 2.45) is 5.73 Å². The first-order chi connectivity index (χ1) is 6.53. The van der Waals surface area contributed by atoms with Gasteiger partial charge < -0.3 is 9.47 Å². The zero-order valence-electron chi connectivity index (χ0n) is 7.97. The number of hydrogen-bond donors (Lipinski definition) is 1. The summed E-state index contributed by atoms with van der Waals surface area (Å²) in [4.78, 5) is 9.96. The van der Waals surface area contributed by atoms with Gasteiger partial charge in [0.15, 0.2) is 5.72 Å². The number of nitro groups is 1. The van der Waals surface area contributed by atoms with Crippen molar-refractivity contribution >= 4 is 0 Å². The third kappa shape index (κ3) is 1.82. The van der Waals surface area contributed by atoms with Gasteiger partial charge in [0.05, 0.1) is 4.92 Å². The number of allylic oxidation sites excluding steroid dienone is 1. The molecule has 0 saturated heterocycles. The molecule has 1 aliphatic rings. The number of nitrogens with two attached hydrogens (primary N) is 1. The highest BCUT2D eigenvalue weighted by Gasteiger charge is 2.36. The fraction of sp³-hybridized carbons (Fsp3) is 0.500. The first kappa shape index (κ1) is 10.8. The second-order valence-corrected chi connectivity index (χ2v) is 2.90. The van der Waals surface area contributed by atoms with Crippen LogP contribution in [-0.4, -0.2) is 31.0 Å². The van der Waals surface area contributed by atoms with Crippen molar-refractivity contribution in [1.29, 1.82) is 0 Å². The van der Waals surface area contributed by atoms with Gasteiger partial charge in [0, 0.05) is 26.4 Å². The van der Waals surface area contributed by atoms with E-state index in [1.54, 1.807) is 0 Å². The Kier molecular flexibility index (Phi) is 3.00. The van der Waals surface area contributed by atoms with E-state index >= 15 is 0 Å². The Bertz CT molecular complexity index is 300. The highest BCUT2D eigenvalue weighted by Crippen LogP contribution is 2.22. The number of nitrogens with zero attached hydrogens (tertiary/aromatic N) is 1. The van der Waals surface area contributed by atoms with Crippen LogP contribution in [0.5, 0.6) is 0 Å². The van der Waals surface area contributed by atoms with E-state index in [0.29, 0.717) is 0 Å². The Balaban J connectivity index is 2.96. The molecule has 0 aromatic rings. The van der Waals surface area contributed by atoms with Crippen LogP contribution in [-0.2, 0) is 9.47 Å². The van der Waals surface area contributed by atoms with Crippen molar-refractivity contribution in [3.63, 3.8) is 0 Å². The van der Waals surface area contributed by atoms with E-state index in [0.717, 1.165) is 0 Å².